The van der Waals surface area contributed by atoms with E-state index in [-0.39, 0.29) is 0 Å². The highest BCUT2D eigenvalue weighted by molar-refractivity contribution is 7.89. The predicted octanol–water partition coefficient (Wildman–Crippen LogP) is 0.650. The summed E-state index contributed by atoms with van der Waals surface area (Å²) in [6, 6.07) is 7.16. The van der Waals surface area contributed by atoms with E-state index in [1.165, 1.54) is 0 Å². The van der Waals surface area contributed by atoms with Crippen LogP contribution < -0.4 is 5.73 Å². The third-order valence-corrected chi connectivity index (χ3v) is 5.78. The summed E-state index contributed by atoms with van der Waals surface area (Å²) in [7, 11) is -3.35. The second-order valence-electron chi connectivity index (χ2n) is 5.15. The van der Waals surface area contributed by atoms with Crippen LogP contribution in [0.4, 0.5) is 0 Å². The minimum atomic E-state index is -3.35. The van der Waals surface area contributed by atoms with Gasteiger partial charge in [-0.25, -0.2) is 8.42 Å². The minimum absolute atomic E-state index is 0.426. The first-order chi connectivity index (χ1) is 9.55. The summed E-state index contributed by atoms with van der Waals surface area (Å²) in [5, 5.41) is 0. The van der Waals surface area contributed by atoms with Crippen LogP contribution in [0, 0.1) is 6.92 Å². The average molecular weight is 297 g/mol. The van der Waals surface area contributed by atoms with Crippen LogP contribution >= 0.6 is 0 Å². The van der Waals surface area contributed by atoms with Crippen molar-refractivity contribution in [3.8, 4) is 0 Å². The van der Waals surface area contributed by atoms with Crippen LogP contribution in [0.15, 0.2) is 29.2 Å². The zero-order valence-electron chi connectivity index (χ0n) is 12.0. The number of hydrogen-bond donors (Lipinski definition) is 1. The van der Waals surface area contributed by atoms with E-state index >= 15 is 0 Å². The molecule has 1 aliphatic heterocycles. The van der Waals surface area contributed by atoms with Gasteiger partial charge >= 0.3 is 0 Å². The fourth-order valence-electron chi connectivity index (χ4n) is 2.49. The topological polar surface area (TPSA) is 66.6 Å². The first-order valence-electron chi connectivity index (χ1n) is 7.04. The molecule has 0 aliphatic carbocycles. The number of nitrogens with zero attached hydrogens (tertiary/aromatic N) is 2. The lowest BCUT2D eigenvalue weighted by Gasteiger charge is -2.34. The van der Waals surface area contributed by atoms with Gasteiger partial charge in [-0.2, -0.15) is 4.31 Å². The highest BCUT2D eigenvalue weighted by atomic mass is 32.2. The van der Waals surface area contributed by atoms with Crippen LogP contribution in [0.3, 0.4) is 0 Å². The maximum atomic E-state index is 12.6. The Labute approximate surface area is 121 Å². The molecule has 0 amide bonds. The number of aryl methyl sites for hydroxylation is 1. The van der Waals surface area contributed by atoms with Crippen LogP contribution in [0.1, 0.15) is 12.0 Å². The average Bonchev–Trinajstić information content (AvgIpc) is 2.46. The molecule has 1 aliphatic rings. The van der Waals surface area contributed by atoms with Gasteiger partial charge in [0.1, 0.15) is 0 Å². The molecule has 1 aromatic carbocycles. The normalized spacial score (nSPS) is 18.3. The second-order valence-corrected chi connectivity index (χ2v) is 7.06. The molecule has 6 heteroatoms. The van der Waals surface area contributed by atoms with Crippen LogP contribution in [-0.4, -0.2) is 56.9 Å². The summed E-state index contributed by atoms with van der Waals surface area (Å²) in [5.74, 6) is 0. The van der Waals surface area contributed by atoms with Crippen LogP contribution in [0.5, 0.6) is 0 Å². The maximum Gasteiger partial charge on any atom is 0.243 e. The van der Waals surface area contributed by atoms with Gasteiger partial charge in [0.15, 0.2) is 0 Å². The van der Waals surface area contributed by atoms with Crippen molar-refractivity contribution in [2.75, 3.05) is 39.3 Å². The lowest BCUT2D eigenvalue weighted by atomic mass is 10.2. The summed E-state index contributed by atoms with van der Waals surface area (Å²) in [6.07, 6.45) is 0.963. The third kappa shape index (κ3) is 3.38. The van der Waals surface area contributed by atoms with Crippen molar-refractivity contribution in [2.45, 2.75) is 18.2 Å². The summed E-state index contributed by atoms with van der Waals surface area (Å²) in [5.41, 5.74) is 6.31. The molecule has 0 spiro atoms. The van der Waals surface area contributed by atoms with E-state index in [0.717, 1.165) is 31.6 Å². The molecule has 1 aromatic rings. The molecule has 2 rings (SSSR count). The van der Waals surface area contributed by atoms with E-state index in [1.807, 2.05) is 19.1 Å². The van der Waals surface area contributed by atoms with Crippen molar-refractivity contribution >= 4 is 10.0 Å². The Kier molecular flexibility index (Phi) is 5.15. The molecule has 0 bridgehead atoms. The molecule has 2 N–H and O–H groups in total. The largest absolute Gasteiger partial charge is 0.330 e. The first kappa shape index (κ1) is 15.4. The number of hydrogen-bond acceptors (Lipinski definition) is 4. The Morgan fingerprint density at radius 1 is 1.15 bits per heavy atom. The molecule has 0 aromatic heterocycles. The van der Waals surface area contributed by atoms with E-state index in [4.69, 9.17) is 5.73 Å². The summed E-state index contributed by atoms with van der Waals surface area (Å²) < 4.78 is 26.8. The summed E-state index contributed by atoms with van der Waals surface area (Å²) in [4.78, 5) is 2.70. The number of benzene rings is 1. The van der Waals surface area contributed by atoms with Crippen LogP contribution in [0.25, 0.3) is 0 Å². The highest BCUT2D eigenvalue weighted by Gasteiger charge is 2.28. The van der Waals surface area contributed by atoms with Crippen LogP contribution in [0.2, 0.25) is 0 Å². The Morgan fingerprint density at radius 2 is 1.80 bits per heavy atom. The maximum absolute atomic E-state index is 12.6. The van der Waals surface area contributed by atoms with Gasteiger partial charge in [0.25, 0.3) is 0 Å². The number of sulfonamides is 1. The van der Waals surface area contributed by atoms with Crippen LogP contribution in [-0.2, 0) is 10.0 Å². The van der Waals surface area contributed by atoms with Crippen molar-refractivity contribution < 1.29 is 8.42 Å². The van der Waals surface area contributed by atoms with Crippen molar-refractivity contribution in [3.05, 3.63) is 29.8 Å². The fraction of sp³-hybridized carbons (Fsp3) is 0.571. The van der Waals surface area contributed by atoms with Gasteiger partial charge in [-0.3, -0.25) is 0 Å². The molecular formula is C14H23N3O2S. The third-order valence-electron chi connectivity index (χ3n) is 3.72. The van der Waals surface area contributed by atoms with E-state index in [0.29, 0.717) is 24.5 Å². The van der Waals surface area contributed by atoms with Crippen molar-refractivity contribution in [1.29, 1.82) is 0 Å². The Morgan fingerprint density at radius 3 is 2.40 bits per heavy atom. The Bertz CT molecular complexity index is 537. The molecule has 1 saturated heterocycles. The number of piperazine rings is 1. The molecule has 112 valence electrons. The fourth-order valence-corrected chi connectivity index (χ4v) is 4.14. The SMILES string of the molecule is Cc1ccccc1S(=O)(=O)N1CCN(CCCN)CC1. The summed E-state index contributed by atoms with van der Waals surface area (Å²) >= 11 is 0. The molecule has 0 radical (unpaired) electrons. The lowest BCUT2D eigenvalue weighted by Crippen LogP contribution is -2.49. The highest BCUT2D eigenvalue weighted by Crippen LogP contribution is 2.20. The summed E-state index contributed by atoms with van der Waals surface area (Å²) in [6.45, 7) is 6.15. The van der Waals surface area contributed by atoms with E-state index in [2.05, 4.69) is 4.90 Å². The smallest absolute Gasteiger partial charge is 0.243 e. The number of rotatable bonds is 5. The van der Waals surface area contributed by atoms with Gasteiger partial charge in [0.05, 0.1) is 4.90 Å². The van der Waals surface area contributed by atoms with Gasteiger partial charge in [-0.1, -0.05) is 18.2 Å². The van der Waals surface area contributed by atoms with Gasteiger partial charge in [0, 0.05) is 26.2 Å². The minimum Gasteiger partial charge on any atom is -0.330 e. The molecule has 5 nitrogen and oxygen atoms in total. The molecule has 0 atom stereocenters. The quantitative estimate of drug-likeness (QED) is 0.866. The van der Waals surface area contributed by atoms with E-state index in [1.54, 1.807) is 16.4 Å². The predicted molar refractivity (Wildman–Crippen MR) is 80.0 cm³/mol. The van der Waals surface area contributed by atoms with Gasteiger partial charge in [0.2, 0.25) is 10.0 Å². The monoisotopic (exact) mass is 297 g/mol. The van der Waals surface area contributed by atoms with E-state index < -0.39 is 10.0 Å². The van der Waals surface area contributed by atoms with Crippen molar-refractivity contribution in [1.82, 2.24) is 9.21 Å². The second kappa shape index (κ2) is 6.67. The standard InChI is InChI=1S/C14H23N3O2S/c1-13-5-2-3-6-14(13)20(18,19)17-11-9-16(10-12-17)8-4-7-15/h2-3,5-6H,4,7-12,15H2,1H3. The Hall–Kier alpha value is -0.950. The van der Waals surface area contributed by atoms with Crippen molar-refractivity contribution in [3.63, 3.8) is 0 Å². The van der Waals surface area contributed by atoms with Crippen molar-refractivity contribution in [2.24, 2.45) is 5.73 Å². The first-order valence-corrected chi connectivity index (χ1v) is 8.48. The Balaban J connectivity index is 2.04. The molecule has 1 heterocycles. The zero-order chi connectivity index (χ0) is 14.6. The number of nitrogens with two attached hydrogens (primary N) is 1. The molecule has 0 unspecified atom stereocenters. The molecular weight excluding hydrogens is 274 g/mol. The molecule has 0 saturated carbocycles. The van der Waals surface area contributed by atoms with Gasteiger partial charge < -0.3 is 10.6 Å². The van der Waals surface area contributed by atoms with Gasteiger partial charge in [-0.05, 0) is 38.1 Å². The lowest BCUT2D eigenvalue weighted by molar-refractivity contribution is 0.187. The van der Waals surface area contributed by atoms with Gasteiger partial charge in [-0.15, -0.1) is 0 Å². The molecule has 20 heavy (non-hydrogen) atoms. The van der Waals surface area contributed by atoms with E-state index in [9.17, 15) is 8.42 Å². The zero-order valence-corrected chi connectivity index (χ0v) is 12.8. The molecule has 1 fully saturated rings.